The van der Waals surface area contributed by atoms with Crippen LogP contribution in [0.3, 0.4) is 0 Å². The van der Waals surface area contributed by atoms with E-state index < -0.39 is 0 Å². The van der Waals surface area contributed by atoms with Crippen molar-refractivity contribution in [3.8, 4) is 0 Å². The highest BCUT2D eigenvalue weighted by Crippen LogP contribution is 2.30. The Bertz CT molecular complexity index is 297. The maximum absolute atomic E-state index is 6.09. The number of hydrogen-bond donors (Lipinski definition) is 1. The van der Waals surface area contributed by atoms with Gasteiger partial charge < -0.3 is 5.73 Å². The summed E-state index contributed by atoms with van der Waals surface area (Å²) >= 11 is 12.1. The normalized spacial score (nSPS) is 15.5. The number of benzene rings is 1. The van der Waals surface area contributed by atoms with Gasteiger partial charge in [-0.2, -0.15) is 0 Å². The third-order valence-corrected chi connectivity index (χ3v) is 2.87. The van der Waals surface area contributed by atoms with Gasteiger partial charge in [-0.3, -0.25) is 0 Å². The molecule has 3 heteroatoms. The zero-order valence-electron chi connectivity index (χ0n) is 7.72. The monoisotopic (exact) mass is 217 g/mol. The minimum atomic E-state index is -0.215. The number of hydrogen-bond acceptors (Lipinski definition) is 1. The Morgan fingerprint density at radius 3 is 2.46 bits per heavy atom. The highest BCUT2D eigenvalue weighted by atomic mass is 35.5. The van der Waals surface area contributed by atoms with Gasteiger partial charge in [-0.1, -0.05) is 23.7 Å². The van der Waals surface area contributed by atoms with E-state index in [2.05, 4.69) is 0 Å². The Kier molecular flexibility index (Phi) is 3.60. The summed E-state index contributed by atoms with van der Waals surface area (Å²) in [5.41, 5.74) is 7.72. The van der Waals surface area contributed by atoms with Crippen molar-refractivity contribution in [2.45, 2.75) is 25.3 Å². The van der Waals surface area contributed by atoms with Crippen molar-refractivity contribution in [3.05, 3.63) is 34.3 Å². The molecule has 0 saturated carbocycles. The van der Waals surface area contributed by atoms with Gasteiger partial charge in [0.1, 0.15) is 0 Å². The van der Waals surface area contributed by atoms with Crippen molar-refractivity contribution in [2.24, 2.45) is 5.73 Å². The van der Waals surface area contributed by atoms with Crippen LogP contribution in [0.2, 0.25) is 5.02 Å². The third kappa shape index (κ3) is 2.60. The predicted molar refractivity (Wildman–Crippen MR) is 58.4 cm³/mol. The molecule has 13 heavy (non-hydrogen) atoms. The Balaban J connectivity index is 3.01. The third-order valence-electron chi connectivity index (χ3n) is 1.91. The average Bonchev–Trinajstić information content (AvgIpc) is 2.03. The molecule has 0 aliphatic heterocycles. The zero-order valence-corrected chi connectivity index (χ0v) is 9.23. The Labute approximate surface area is 88.8 Å². The molecule has 0 heterocycles. The van der Waals surface area contributed by atoms with Crippen LogP contribution in [0.15, 0.2) is 18.2 Å². The highest BCUT2D eigenvalue weighted by Gasteiger charge is 2.15. The molecule has 1 aromatic rings. The van der Waals surface area contributed by atoms with Crippen LogP contribution < -0.4 is 5.73 Å². The molecular weight excluding hydrogens is 205 g/mol. The van der Waals surface area contributed by atoms with Gasteiger partial charge in [-0.05, 0) is 31.0 Å². The van der Waals surface area contributed by atoms with E-state index in [0.29, 0.717) is 5.02 Å². The Morgan fingerprint density at radius 2 is 2.00 bits per heavy atom. The summed E-state index contributed by atoms with van der Waals surface area (Å²) in [6.45, 7) is 3.86. The molecule has 2 N–H and O–H groups in total. The smallest absolute Gasteiger partial charge is 0.0747 e. The SMILES string of the molecule is Cc1ccc(C(Cl)C(C)N)c(Cl)c1. The summed E-state index contributed by atoms with van der Waals surface area (Å²) in [5.74, 6) is 0. The number of halogens is 2. The fourth-order valence-corrected chi connectivity index (χ4v) is 1.74. The van der Waals surface area contributed by atoms with Crippen LogP contribution in [0.5, 0.6) is 0 Å². The first-order valence-corrected chi connectivity index (χ1v) is 4.99. The summed E-state index contributed by atoms with van der Waals surface area (Å²) in [7, 11) is 0. The number of aryl methyl sites for hydroxylation is 1. The van der Waals surface area contributed by atoms with Crippen molar-refractivity contribution < 1.29 is 0 Å². The molecular formula is C10H13Cl2N. The molecule has 0 amide bonds. The molecule has 0 spiro atoms. The molecule has 1 nitrogen and oxygen atoms in total. The second kappa shape index (κ2) is 4.32. The van der Waals surface area contributed by atoms with Crippen LogP contribution in [-0.4, -0.2) is 6.04 Å². The summed E-state index contributed by atoms with van der Waals surface area (Å²) < 4.78 is 0. The number of nitrogens with two attached hydrogens (primary N) is 1. The summed E-state index contributed by atoms with van der Waals surface area (Å²) in [6.07, 6.45) is 0. The van der Waals surface area contributed by atoms with Gasteiger partial charge in [0.25, 0.3) is 0 Å². The topological polar surface area (TPSA) is 26.0 Å². The van der Waals surface area contributed by atoms with Crippen molar-refractivity contribution in [1.29, 1.82) is 0 Å². The van der Waals surface area contributed by atoms with Crippen LogP contribution >= 0.6 is 23.2 Å². The van der Waals surface area contributed by atoms with Crippen molar-refractivity contribution in [3.63, 3.8) is 0 Å². The molecule has 0 aliphatic carbocycles. The molecule has 0 radical (unpaired) electrons. The largest absolute Gasteiger partial charge is 0.326 e. The lowest BCUT2D eigenvalue weighted by Gasteiger charge is -2.15. The van der Waals surface area contributed by atoms with Gasteiger partial charge in [0, 0.05) is 11.1 Å². The van der Waals surface area contributed by atoms with E-state index in [-0.39, 0.29) is 11.4 Å². The van der Waals surface area contributed by atoms with E-state index in [1.54, 1.807) is 0 Å². The molecule has 1 aromatic carbocycles. The maximum atomic E-state index is 6.09. The summed E-state index contributed by atoms with van der Waals surface area (Å²) in [6, 6.07) is 5.72. The second-order valence-electron chi connectivity index (χ2n) is 3.29. The zero-order chi connectivity index (χ0) is 10.0. The van der Waals surface area contributed by atoms with Crippen LogP contribution in [0.4, 0.5) is 0 Å². The lowest BCUT2D eigenvalue weighted by molar-refractivity contribution is 0.713. The molecule has 0 saturated heterocycles. The minimum absolute atomic E-state index is 0.0955. The molecule has 2 atom stereocenters. The van der Waals surface area contributed by atoms with Gasteiger partial charge in [-0.15, -0.1) is 11.6 Å². The first kappa shape index (κ1) is 10.8. The van der Waals surface area contributed by atoms with Gasteiger partial charge in [0.2, 0.25) is 0 Å². The predicted octanol–water partition coefficient (Wildman–Crippen LogP) is 3.28. The van der Waals surface area contributed by atoms with Crippen LogP contribution in [-0.2, 0) is 0 Å². The second-order valence-corrected chi connectivity index (χ2v) is 4.16. The van der Waals surface area contributed by atoms with Crippen LogP contribution in [0.1, 0.15) is 23.4 Å². The number of alkyl halides is 1. The van der Waals surface area contributed by atoms with Crippen molar-refractivity contribution in [2.75, 3.05) is 0 Å². The molecule has 2 unspecified atom stereocenters. The molecule has 72 valence electrons. The van der Waals surface area contributed by atoms with Gasteiger partial charge >= 0.3 is 0 Å². The fourth-order valence-electron chi connectivity index (χ4n) is 1.14. The first-order chi connectivity index (χ1) is 6.02. The van der Waals surface area contributed by atoms with E-state index in [9.17, 15) is 0 Å². The van der Waals surface area contributed by atoms with E-state index in [4.69, 9.17) is 28.9 Å². The van der Waals surface area contributed by atoms with Crippen LogP contribution in [0, 0.1) is 6.92 Å². The van der Waals surface area contributed by atoms with E-state index in [0.717, 1.165) is 11.1 Å². The molecule has 0 aromatic heterocycles. The molecule has 0 fully saturated rings. The van der Waals surface area contributed by atoms with Gasteiger partial charge in [0.05, 0.1) is 5.38 Å². The van der Waals surface area contributed by atoms with Crippen molar-refractivity contribution >= 4 is 23.2 Å². The van der Waals surface area contributed by atoms with Gasteiger partial charge in [-0.25, -0.2) is 0 Å². The minimum Gasteiger partial charge on any atom is -0.326 e. The summed E-state index contributed by atoms with van der Waals surface area (Å²) in [4.78, 5) is 0. The van der Waals surface area contributed by atoms with E-state index in [1.165, 1.54) is 0 Å². The maximum Gasteiger partial charge on any atom is 0.0747 e. The highest BCUT2D eigenvalue weighted by molar-refractivity contribution is 6.32. The molecule has 0 bridgehead atoms. The van der Waals surface area contributed by atoms with E-state index in [1.807, 2.05) is 32.0 Å². The fraction of sp³-hybridized carbons (Fsp3) is 0.400. The first-order valence-electron chi connectivity index (χ1n) is 4.18. The quantitative estimate of drug-likeness (QED) is 0.757. The lowest BCUT2D eigenvalue weighted by Crippen LogP contribution is -2.21. The summed E-state index contributed by atoms with van der Waals surface area (Å²) in [5, 5.41) is 0.477. The number of rotatable bonds is 2. The lowest BCUT2D eigenvalue weighted by atomic mass is 10.1. The standard InChI is InChI=1S/C10H13Cl2N/c1-6-3-4-8(9(11)5-6)10(12)7(2)13/h3-5,7,10H,13H2,1-2H3. The van der Waals surface area contributed by atoms with Gasteiger partial charge in [0.15, 0.2) is 0 Å². The Hall–Kier alpha value is -0.240. The Morgan fingerprint density at radius 1 is 1.38 bits per heavy atom. The molecule has 1 rings (SSSR count). The van der Waals surface area contributed by atoms with Crippen LogP contribution in [0.25, 0.3) is 0 Å². The van der Waals surface area contributed by atoms with Crippen molar-refractivity contribution in [1.82, 2.24) is 0 Å². The van der Waals surface area contributed by atoms with E-state index >= 15 is 0 Å². The molecule has 0 aliphatic rings. The average molecular weight is 218 g/mol.